The van der Waals surface area contributed by atoms with Crippen LogP contribution < -0.4 is 19.8 Å². The summed E-state index contributed by atoms with van der Waals surface area (Å²) in [6, 6.07) is 5.35. The first-order chi connectivity index (χ1) is 21.3. The molecule has 4 rings (SSSR count). The van der Waals surface area contributed by atoms with Gasteiger partial charge in [-0.3, -0.25) is 4.79 Å². The minimum atomic E-state index is -5.04. The van der Waals surface area contributed by atoms with E-state index in [0.717, 1.165) is 41.8 Å². The van der Waals surface area contributed by atoms with Crippen LogP contribution in [0.3, 0.4) is 0 Å². The molecule has 21 heteroatoms. The summed E-state index contributed by atoms with van der Waals surface area (Å²) in [6.45, 7) is 3.37. The number of anilines is 3. The molecule has 0 unspecified atom stereocenters. The van der Waals surface area contributed by atoms with E-state index in [0.29, 0.717) is 25.6 Å². The maximum atomic E-state index is 13.6. The van der Waals surface area contributed by atoms with Crippen molar-refractivity contribution in [3.05, 3.63) is 60.2 Å². The van der Waals surface area contributed by atoms with E-state index >= 15 is 0 Å². The molecule has 1 aromatic carbocycles. The Labute approximate surface area is 261 Å². The zero-order valence-electron chi connectivity index (χ0n) is 24.7. The van der Waals surface area contributed by atoms with Crippen molar-refractivity contribution < 1.29 is 52.9 Å². The lowest BCUT2D eigenvalue weighted by molar-refractivity contribution is -0.274. The Hall–Kier alpha value is -4.47. The highest BCUT2D eigenvalue weighted by Gasteiger charge is 2.36. The standard InChI is InChI=1S/C25H28F3N7O9S2/c1-17-5-10-20(29-15-17)32-11-13-33(14-12-32)23(36)22-30-21(16-31(22)2)35(44-46(4,40)41)24(37)34(43-45(3,38)39)18-6-8-19(9-7-18)42-25(26,27)28/h5-10,15-16H,11-14H2,1-4H3. The molecule has 3 heterocycles. The monoisotopic (exact) mass is 691 g/mol. The van der Waals surface area contributed by atoms with Gasteiger partial charge in [0.25, 0.3) is 26.1 Å². The quantitative estimate of drug-likeness (QED) is 0.300. The number of rotatable bonds is 9. The van der Waals surface area contributed by atoms with Gasteiger partial charge >= 0.3 is 12.4 Å². The van der Waals surface area contributed by atoms with Crippen LogP contribution in [-0.4, -0.2) is 93.3 Å². The summed E-state index contributed by atoms with van der Waals surface area (Å²) in [4.78, 5) is 39.0. The lowest BCUT2D eigenvalue weighted by Crippen LogP contribution is -2.49. The second-order valence-corrected chi connectivity index (χ2v) is 13.1. The molecule has 0 radical (unpaired) electrons. The average molecular weight is 692 g/mol. The van der Waals surface area contributed by atoms with Crippen LogP contribution in [0, 0.1) is 6.92 Å². The second kappa shape index (κ2) is 13.1. The van der Waals surface area contributed by atoms with Gasteiger partial charge in [-0.1, -0.05) is 6.07 Å². The van der Waals surface area contributed by atoms with E-state index in [1.54, 1.807) is 6.20 Å². The van der Waals surface area contributed by atoms with E-state index in [1.165, 1.54) is 16.5 Å². The summed E-state index contributed by atoms with van der Waals surface area (Å²) < 4.78 is 101. The number of carbonyl (C=O) groups is 2. The van der Waals surface area contributed by atoms with Crippen LogP contribution in [0.25, 0.3) is 0 Å². The number of aryl methyl sites for hydroxylation is 2. The van der Waals surface area contributed by atoms with Crippen LogP contribution in [0.5, 0.6) is 5.75 Å². The molecule has 0 spiro atoms. The molecule has 0 saturated carbocycles. The third-order valence-corrected chi connectivity index (χ3v) is 6.96. The van der Waals surface area contributed by atoms with Crippen molar-refractivity contribution in [1.82, 2.24) is 19.4 Å². The molecule has 0 bridgehead atoms. The number of hydrogen-bond donors (Lipinski definition) is 0. The maximum absolute atomic E-state index is 13.6. The normalized spacial score (nSPS) is 14.2. The predicted molar refractivity (Wildman–Crippen MR) is 156 cm³/mol. The molecule has 46 heavy (non-hydrogen) atoms. The number of halogens is 3. The van der Waals surface area contributed by atoms with E-state index < -0.39 is 55.8 Å². The first kappa shape index (κ1) is 34.4. The Morgan fingerprint density at radius 1 is 0.891 bits per heavy atom. The molecule has 1 saturated heterocycles. The van der Waals surface area contributed by atoms with Gasteiger partial charge in [0.15, 0.2) is 5.82 Å². The lowest BCUT2D eigenvalue weighted by atomic mass is 10.2. The second-order valence-electron chi connectivity index (χ2n) is 9.98. The maximum Gasteiger partial charge on any atom is 0.573 e. The van der Waals surface area contributed by atoms with Crippen molar-refractivity contribution >= 4 is 49.5 Å². The molecule has 0 aliphatic carbocycles. The van der Waals surface area contributed by atoms with Crippen molar-refractivity contribution in [3.63, 3.8) is 0 Å². The summed E-state index contributed by atoms with van der Waals surface area (Å²) >= 11 is 0. The van der Waals surface area contributed by atoms with Crippen LogP contribution >= 0.6 is 0 Å². The number of carbonyl (C=O) groups excluding carboxylic acids is 2. The fourth-order valence-electron chi connectivity index (χ4n) is 4.16. The highest BCUT2D eigenvalue weighted by molar-refractivity contribution is 7.86. The van der Waals surface area contributed by atoms with Crippen molar-refractivity contribution in [2.24, 2.45) is 7.05 Å². The number of hydrogen-bond acceptors (Lipinski definition) is 12. The summed E-state index contributed by atoms with van der Waals surface area (Å²) in [7, 11) is -7.62. The number of aromatic nitrogens is 3. The third-order valence-electron chi connectivity index (χ3n) is 6.12. The van der Waals surface area contributed by atoms with Crippen molar-refractivity contribution in [1.29, 1.82) is 0 Å². The molecular weight excluding hydrogens is 663 g/mol. The highest BCUT2D eigenvalue weighted by atomic mass is 32.2. The van der Waals surface area contributed by atoms with Gasteiger partial charge in [0.1, 0.15) is 11.6 Å². The Morgan fingerprint density at radius 2 is 1.48 bits per heavy atom. The fraction of sp³-hybridized carbons (Fsp3) is 0.360. The lowest BCUT2D eigenvalue weighted by Gasteiger charge is -2.35. The number of benzene rings is 1. The Balaban J connectivity index is 1.61. The molecule has 0 N–H and O–H groups in total. The molecule has 1 aliphatic rings. The molecule has 1 aliphatic heterocycles. The van der Waals surface area contributed by atoms with E-state index in [2.05, 4.69) is 14.7 Å². The van der Waals surface area contributed by atoms with Crippen LogP contribution in [0.15, 0.2) is 48.8 Å². The Kier molecular flexibility index (Phi) is 9.80. The number of pyridine rings is 1. The Bertz CT molecular complexity index is 1790. The molecule has 3 amide bonds. The first-order valence-corrected chi connectivity index (χ1v) is 16.7. The zero-order chi connectivity index (χ0) is 34.0. The van der Waals surface area contributed by atoms with E-state index in [4.69, 9.17) is 8.57 Å². The van der Waals surface area contributed by atoms with Crippen molar-refractivity contribution in [2.75, 3.05) is 53.7 Å². The number of ether oxygens (including phenoxy) is 1. The molecular formula is C25H28F3N7O9S2. The number of piperazine rings is 1. The first-order valence-electron chi connectivity index (χ1n) is 13.1. The average Bonchev–Trinajstić information content (AvgIpc) is 3.34. The number of alkyl halides is 3. The van der Waals surface area contributed by atoms with Gasteiger partial charge in [0, 0.05) is 39.4 Å². The Morgan fingerprint density at radius 3 is 2.00 bits per heavy atom. The van der Waals surface area contributed by atoms with Gasteiger partial charge < -0.3 is 19.1 Å². The fourth-order valence-corrected chi connectivity index (χ4v) is 5.00. The predicted octanol–water partition coefficient (Wildman–Crippen LogP) is 2.20. The van der Waals surface area contributed by atoms with E-state index in [1.807, 2.05) is 24.0 Å². The molecule has 3 aromatic rings. The molecule has 16 nitrogen and oxygen atoms in total. The molecule has 2 aromatic heterocycles. The van der Waals surface area contributed by atoms with Crippen LogP contribution in [0.1, 0.15) is 16.2 Å². The summed E-state index contributed by atoms with van der Waals surface area (Å²) in [5.41, 5.74) is 0.523. The number of hydroxylamine groups is 2. The number of urea groups is 1. The van der Waals surface area contributed by atoms with Gasteiger partial charge in [-0.05, 0) is 42.8 Å². The smallest absolute Gasteiger partial charge is 0.406 e. The molecule has 1 fully saturated rings. The van der Waals surface area contributed by atoms with Gasteiger partial charge in [-0.15, -0.1) is 31.9 Å². The van der Waals surface area contributed by atoms with Gasteiger partial charge in [-0.25, -0.2) is 14.8 Å². The molecule has 250 valence electrons. The van der Waals surface area contributed by atoms with E-state index in [9.17, 15) is 39.6 Å². The van der Waals surface area contributed by atoms with Gasteiger partial charge in [-0.2, -0.15) is 16.8 Å². The number of imidazole rings is 1. The summed E-state index contributed by atoms with van der Waals surface area (Å²) in [5.74, 6) is -1.33. The number of amides is 3. The third kappa shape index (κ3) is 9.05. The van der Waals surface area contributed by atoms with Crippen LogP contribution in [0.4, 0.5) is 35.3 Å². The van der Waals surface area contributed by atoms with Crippen LogP contribution in [0.2, 0.25) is 0 Å². The van der Waals surface area contributed by atoms with Crippen molar-refractivity contribution in [3.8, 4) is 5.75 Å². The molecule has 0 atom stereocenters. The summed E-state index contributed by atoms with van der Waals surface area (Å²) in [6.07, 6.45) is -1.10. The SMILES string of the molecule is Cc1ccc(N2CCN(C(=O)c3nc(N(OS(C)(=O)=O)C(=O)N(OS(C)(=O)=O)c4ccc(OC(F)(F)F)cc4)cn3C)CC2)nc1. The van der Waals surface area contributed by atoms with Crippen LogP contribution in [-0.2, 0) is 35.9 Å². The van der Waals surface area contributed by atoms with Gasteiger partial charge in [0.05, 0.1) is 24.4 Å². The minimum Gasteiger partial charge on any atom is -0.406 e. The minimum absolute atomic E-state index is 0.0480. The van der Waals surface area contributed by atoms with Gasteiger partial charge in [0.2, 0.25) is 5.82 Å². The summed E-state index contributed by atoms with van der Waals surface area (Å²) in [5, 5.41) is 0.102. The largest absolute Gasteiger partial charge is 0.573 e. The zero-order valence-corrected chi connectivity index (χ0v) is 26.3. The van der Waals surface area contributed by atoms with Crippen molar-refractivity contribution in [2.45, 2.75) is 13.3 Å². The topological polar surface area (TPSA) is 174 Å². The number of nitrogens with zero attached hydrogens (tertiary/aromatic N) is 7. The van der Waals surface area contributed by atoms with E-state index in [-0.39, 0.29) is 29.0 Å². The highest BCUT2D eigenvalue weighted by Crippen LogP contribution is 2.28.